The third kappa shape index (κ3) is 2.60. The molecule has 108 valence electrons. The maximum atomic E-state index is 4.23. The predicted octanol–water partition coefficient (Wildman–Crippen LogP) is 1.50. The van der Waals surface area contributed by atoms with Crippen molar-refractivity contribution in [2.45, 2.75) is 26.7 Å². The number of hydrazone groups is 1. The van der Waals surface area contributed by atoms with Crippen molar-refractivity contribution in [3.05, 3.63) is 53.9 Å². The predicted molar refractivity (Wildman–Crippen MR) is 83.1 cm³/mol. The highest BCUT2D eigenvalue weighted by Crippen LogP contribution is 2.20. The molecule has 3 N–H and O–H groups in total. The first-order valence-corrected chi connectivity index (χ1v) is 7.30. The molecule has 0 amide bonds. The number of hydrazine groups is 2. The highest BCUT2D eigenvalue weighted by molar-refractivity contribution is 5.72. The van der Waals surface area contributed by atoms with Crippen molar-refractivity contribution in [1.82, 2.24) is 16.5 Å². The number of aromatic nitrogens is 1. The fourth-order valence-corrected chi connectivity index (χ4v) is 2.60. The molecular formula is C16H20N5+. The fourth-order valence-electron chi connectivity index (χ4n) is 2.60. The van der Waals surface area contributed by atoms with E-state index in [0.29, 0.717) is 0 Å². The summed E-state index contributed by atoms with van der Waals surface area (Å²) in [4.78, 5) is 0. The molecule has 3 rings (SSSR count). The number of nitrogens with zero attached hydrogens (tertiary/aromatic N) is 2. The van der Waals surface area contributed by atoms with Gasteiger partial charge >= 0.3 is 5.96 Å². The molecule has 0 spiro atoms. The quantitative estimate of drug-likeness (QED) is 0.748. The van der Waals surface area contributed by atoms with E-state index in [4.69, 9.17) is 0 Å². The maximum absolute atomic E-state index is 4.23. The number of aryl methyl sites for hydroxylation is 2. The number of hydrogen-bond acceptors (Lipinski definition) is 4. The Bertz CT molecular complexity index is 639. The molecule has 0 atom stereocenters. The van der Waals surface area contributed by atoms with Crippen LogP contribution in [0.3, 0.4) is 0 Å². The number of hydrogen-bond donors (Lipinski definition) is 3. The van der Waals surface area contributed by atoms with Gasteiger partial charge in [-0.2, -0.15) is 5.43 Å². The summed E-state index contributed by atoms with van der Waals surface area (Å²) in [5, 5.41) is 4.23. The van der Waals surface area contributed by atoms with Crippen molar-refractivity contribution < 1.29 is 4.57 Å². The summed E-state index contributed by atoms with van der Waals surface area (Å²) < 4.78 is 2.17. The molecule has 1 aliphatic rings. The normalized spacial score (nSPS) is 13.5. The van der Waals surface area contributed by atoms with Gasteiger partial charge in [-0.1, -0.05) is 49.7 Å². The molecule has 1 aromatic carbocycles. The van der Waals surface area contributed by atoms with Crippen LogP contribution >= 0.6 is 0 Å². The van der Waals surface area contributed by atoms with Crippen LogP contribution in [0, 0.1) is 0 Å². The fraction of sp³-hybridized carbons (Fsp3) is 0.250. The van der Waals surface area contributed by atoms with Crippen LogP contribution in [0.4, 0.5) is 0 Å². The van der Waals surface area contributed by atoms with Gasteiger partial charge < -0.3 is 0 Å². The molecule has 1 aromatic heterocycles. The van der Waals surface area contributed by atoms with Gasteiger partial charge in [-0.05, 0) is 36.1 Å². The van der Waals surface area contributed by atoms with E-state index in [-0.39, 0.29) is 0 Å². The van der Waals surface area contributed by atoms with Gasteiger partial charge in [-0.25, -0.2) is 4.57 Å². The van der Waals surface area contributed by atoms with Crippen LogP contribution in [0.5, 0.6) is 0 Å². The molecule has 0 bridgehead atoms. The highest BCUT2D eigenvalue weighted by Gasteiger charge is 2.23. The lowest BCUT2D eigenvalue weighted by Gasteiger charge is -2.13. The molecule has 0 fully saturated rings. The monoisotopic (exact) mass is 282 g/mol. The molecule has 0 unspecified atom stereocenters. The molecule has 0 saturated carbocycles. The Morgan fingerprint density at radius 3 is 2.14 bits per heavy atom. The van der Waals surface area contributed by atoms with Crippen LogP contribution in [-0.4, -0.2) is 5.96 Å². The number of rotatable bonds is 3. The summed E-state index contributed by atoms with van der Waals surface area (Å²) in [6.45, 7) is 4.33. The van der Waals surface area contributed by atoms with E-state index in [0.717, 1.165) is 18.8 Å². The number of benzene rings is 1. The topological polar surface area (TPSA) is 52.3 Å². The average Bonchev–Trinajstić information content (AvgIpc) is 3.08. The lowest BCUT2D eigenvalue weighted by Crippen LogP contribution is -2.57. The molecule has 0 aliphatic carbocycles. The van der Waals surface area contributed by atoms with Crippen molar-refractivity contribution in [3.8, 4) is 11.1 Å². The molecule has 1 aliphatic heterocycles. The van der Waals surface area contributed by atoms with Crippen LogP contribution in [0.25, 0.3) is 11.1 Å². The summed E-state index contributed by atoms with van der Waals surface area (Å²) in [6, 6.07) is 14.9. The number of nitrogens with one attached hydrogen (secondary N) is 3. The molecule has 2 heterocycles. The zero-order valence-corrected chi connectivity index (χ0v) is 12.4. The van der Waals surface area contributed by atoms with E-state index in [9.17, 15) is 0 Å². The minimum atomic E-state index is 0.781. The van der Waals surface area contributed by atoms with Gasteiger partial charge in [0.1, 0.15) is 0 Å². The molecule has 5 heteroatoms. The lowest BCUT2D eigenvalue weighted by atomic mass is 10.0. The van der Waals surface area contributed by atoms with Gasteiger partial charge in [0.2, 0.25) is 0 Å². The van der Waals surface area contributed by atoms with Gasteiger partial charge in [0.25, 0.3) is 0 Å². The second-order valence-corrected chi connectivity index (χ2v) is 4.93. The zero-order chi connectivity index (χ0) is 14.7. The molecule has 21 heavy (non-hydrogen) atoms. The zero-order valence-electron chi connectivity index (χ0n) is 12.4. The van der Waals surface area contributed by atoms with Crippen molar-refractivity contribution in [1.29, 1.82) is 0 Å². The van der Waals surface area contributed by atoms with Crippen molar-refractivity contribution in [2.75, 3.05) is 0 Å². The summed E-state index contributed by atoms with van der Waals surface area (Å²) >= 11 is 0. The summed E-state index contributed by atoms with van der Waals surface area (Å²) in [5.41, 5.74) is 13.5. The minimum Gasteiger partial charge on any atom is -0.200 e. The lowest BCUT2D eigenvalue weighted by molar-refractivity contribution is -0.577. The third-order valence-electron chi connectivity index (χ3n) is 3.65. The molecular weight excluding hydrogens is 262 g/mol. The molecule has 2 aromatic rings. The molecule has 5 nitrogen and oxygen atoms in total. The van der Waals surface area contributed by atoms with Gasteiger partial charge in [-0.3, -0.25) is 0 Å². The Hall–Kier alpha value is -2.40. The van der Waals surface area contributed by atoms with Gasteiger partial charge in [0, 0.05) is 5.10 Å². The van der Waals surface area contributed by atoms with Crippen LogP contribution < -0.4 is 21.1 Å². The smallest absolute Gasteiger partial charge is 0.200 e. The van der Waals surface area contributed by atoms with Crippen molar-refractivity contribution in [3.63, 3.8) is 0 Å². The van der Waals surface area contributed by atoms with Crippen LogP contribution in [-0.2, 0) is 12.8 Å². The van der Waals surface area contributed by atoms with Crippen LogP contribution in [0.2, 0.25) is 0 Å². The van der Waals surface area contributed by atoms with Gasteiger partial charge in [0.05, 0.1) is 11.4 Å². The summed E-state index contributed by atoms with van der Waals surface area (Å²) in [7, 11) is 0. The van der Waals surface area contributed by atoms with Gasteiger partial charge in [-0.15, -0.1) is 5.53 Å². The maximum Gasteiger partial charge on any atom is 0.436 e. The first kappa shape index (κ1) is 13.6. The van der Waals surface area contributed by atoms with Crippen molar-refractivity contribution in [2.24, 2.45) is 5.10 Å². The molecule has 0 radical (unpaired) electrons. The Morgan fingerprint density at radius 2 is 1.62 bits per heavy atom. The summed E-state index contributed by atoms with van der Waals surface area (Å²) in [6.07, 6.45) is 1.88. The SMILES string of the molecule is CCc1cc(-c2ccccc2)cc(CC)[n+]1C1=NNNN1. The second-order valence-electron chi connectivity index (χ2n) is 4.93. The van der Waals surface area contributed by atoms with E-state index in [1.165, 1.54) is 22.5 Å². The van der Waals surface area contributed by atoms with E-state index < -0.39 is 0 Å². The van der Waals surface area contributed by atoms with E-state index in [1.54, 1.807) is 0 Å². The van der Waals surface area contributed by atoms with Crippen LogP contribution in [0.15, 0.2) is 47.6 Å². The first-order chi connectivity index (χ1) is 10.3. The third-order valence-corrected chi connectivity index (χ3v) is 3.65. The number of pyridine rings is 1. The van der Waals surface area contributed by atoms with E-state index in [1.807, 2.05) is 6.07 Å². The Kier molecular flexibility index (Phi) is 3.83. The second kappa shape index (κ2) is 5.93. The van der Waals surface area contributed by atoms with E-state index in [2.05, 4.69) is 76.4 Å². The largest absolute Gasteiger partial charge is 0.436 e. The Labute approximate surface area is 124 Å². The Balaban J connectivity index is 2.14. The van der Waals surface area contributed by atoms with Crippen molar-refractivity contribution >= 4 is 5.96 Å². The first-order valence-electron chi connectivity index (χ1n) is 7.30. The summed E-state index contributed by atoms with van der Waals surface area (Å²) in [5.74, 6) is 0.781. The molecule has 0 saturated heterocycles. The highest BCUT2D eigenvalue weighted by atomic mass is 15.8. The Morgan fingerprint density at radius 1 is 0.952 bits per heavy atom. The van der Waals surface area contributed by atoms with E-state index >= 15 is 0 Å². The minimum absolute atomic E-state index is 0.781. The van der Waals surface area contributed by atoms with Gasteiger partial charge in [0.15, 0.2) is 0 Å². The average molecular weight is 282 g/mol. The standard InChI is InChI=1S/C16H20N5/c1-3-14-10-13(12-8-6-5-7-9-12)11-15(4-2)21(14)16-17-19-20-18-16/h5-11,19-20H,3-4H2,1-2H3,(H,17,18)/q+1. The van der Waals surface area contributed by atoms with Crippen LogP contribution in [0.1, 0.15) is 25.2 Å².